The lowest BCUT2D eigenvalue weighted by molar-refractivity contribution is -0.139. The van der Waals surface area contributed by atoms with Gasteiger partial charge in [0.05, 0.1) is 0 Å². The van der Waals surface area contributed by atoms with Crippen molar-refractivity contribution in [2.45, 2.75) is 19.0 Å². The first-order chi connectivity index (χ1) is 9.93. The predicted molar refractivity (Wildman–Crippen MR) is 80.8 cm³/mol. The molecule has 0 aromatic heterocycles. The molecule has 21 heavy (non-hydrogen) atoms. The second kappa shape index (κ2) is 8.51. The molecular weight excluding hydrogens is 295 g/mol. The zero-order chi connectivity index (χ0) is 15.8. The first-order valence-electron chi connectivity index (χ1n) is 6.42. The number of hydrogen-bond acceptors (Lipinski definition) is 3. The lowest BCUT2D eigenvalue weighted by Crippen LogP contribution is -2.46. The zero-order valence-electron chi connectivity index (χ0n) is 12.0. The van der Waals surface area contributed by atoms with Gasteiger partial charge in [-0.15, -0.1) is 0 Å². The summed E-state index contributed by atoms with van der Waals surface area (Å²) in [6.45, 7) is 0.207. The number of carboxylic acids is 1. The highest BCUT2D eigenvalue weighted by atomic mass is 32.2. The molecule has 0 radical (unpaired) electrons. The first-order valence-corrected chi connectivity index (χ1v) is 7.81. The minimum Gasteiger partial charge on any atom is -0.480 e. The number of benzene rings is 1. The van der Waals surface area contributed by atoms with E-state index in [2.05, 4.69) is 5.32 Å². The van der Waals surface area contributed by atoms with Crippen LogP contribution < -0.4 is 5.32 Å². The topological polar surface area (TPSA) is 69.6 Å². The van der Waals surface area contributed by atoms with Gasteiger partial charge in [-0.25, -0.2) is 14.0 Å². The van der Waals surface area contributed by atoms with Gasteiger partial charge in [0.2, 0.25) is 0 Å². The van der Waals surface area contributed by atoms with Gasteiger partial charge in [0.15, 0.2) is 0 Å². The minimum absolute atomic E-state index is 0.207. The summed E-state index contributed by atoms with van der Waals surface area (Å²) >= 11 is 1.52. The molecule has 0 fully saturated rings. The fraction of sp³-hybridized carbons (Fsp3) is 0.429. The van der Waals surface area contributed by atoms with Gasteiger partial charge in [0, 0.05) is 13.6 Å². The number of carbonyl (C=O) groups is 2. The Bertz CT molecular complexity index is 499. The van der Waals surface area contributed by atoms with Crippen LogP contribution in [0.1, 0.15) is 12.0 Å². The minimum atomic E-state index is -1.06. The second-order valence-electron chi connectivity index (χ2n) is 4.61. The van der Waals surface area contributed by atoms with Gasteiger partial charge in [0.25, 0.3) is 0 Å². The van der Waals surface area contributed by atoms with Crippen LogP contribution in [0.2, 0.25) is 0 Å². The number of carbonyl (C=O) groups excluding carboxylic acids is 1. The molecule has 1 atom stereocenters. The number of thioether (sulfide) groups is 1. The number of halogens is 1. The molecule has 1 rings (SSSR count). The Morgan fingerprint density at radius 3 is 2.76 bits per heavy atom. The van der Waals surface area contributed by atoms with E-state index in [1.807, 2.05) is 6.26 Å². The molecule has 0 saturated heterocycles. The second-order valence-corrected chi connectivity index (χ2v) is 5.59. The van der Waals surface area contributed by atoms with Crippen LogP contribution in [0.3, 0.4) is 0 Å². The van der Waals surface area contributed by atoms with E-state index in [4.69, 9.17) is 5.11 Å². The summed E-state index contributed by atoms with van der Waals surface area (Å²) in [5, 5.41) is 11.5. The third-order valence-corrected chi connectivity index (χ3v) is 3.51. The maximum atomic E-state index is 13.1. The first kappa shape index (κ1) is 17.3. The molecule has 5 nitrogen and oxygen atoms in total. The number of nitrogens with one attached hydrogen (secondary N) is 1. The molecule has 116 valence electrons. The number of nitrogens with zero attached hydrogens (tertiary/aromatic N) is 1. The van der Waals surface area contributed by atoms with Gasteiger partial charge >= 0.3 is 12.0 Å². The van der Waals surface area contributed by atoms with Crippen molar-refractivity contribution in [3.63, 3.8) is 0 Å². The molecule has 1 aromatic rings. The number of hydrogen-bond donors (Lipinski definition) is 2. The van der Waals surface area contributed by atoms with E-state index in [0.29, 0.717) is 17.7 Å². The lowest BCUT2D eigenvalue weighted by Gasteiger charge is -2.21. The summed E-state index contributed by atoms with van der Waals surface area (Å²) in [6.07, 6.45) is 2.23. The third kappa shape index (κ3) is 6.03. The van der Waals surface area contributed by atoms with Crippen molar-refractivity contribution in [2.24, 2.45) is 0 Å². The van der Waals surface area contributed by atoms with Crippen LogP contribution in [0.4, 0.5) is 9.18 Å². The van der Waals surface area contributed by atoms with Crippen LogP contribution in [0.15, 0.2) is 24.3 Å². The SMILES string of the molecule is CSCC[C@@H](NC(=O)N(C)Cc1cccc(F)c1)C(=O)O. The lowest BCUT2D eigenvalue weighted by atomic mass is 10.2. The van der Waals surface area contributed by atoms with Crippen LogP contribution in [0, 0.1) is 5.82 Å². The van der Waals surface area contributed by atoms with Crippen molar-refractivity contribution in [3.8, 4) is 0 Å². The predicted octanol–water partition coefficient (Wildman–Crippen LogP) is 2.17. The van der Waals surface area contributed by atoms with Crippen LogP contribution in [0.25, 0.3) is 0 Å². The molecule has 0 saturated carbocycles. The molecule has 0 bridgehead atoms. The van der Waals surface area contributed by atoms with Gasteiger partial charge in [-0.2, -0.15) is 11.8 Å². The molecule has 0 aliphatic rings. The highest BCUT2D eigenvalue weighted by Crippen LogP contribution is 2.07. The molecular formula is C14H19FN2O3S. The van der Waals surface area contributed by atoms with Gasteiger partial charge in [-0.05, 0) is 36.1 Å². The fourth-order valence-electron chi connectivity index (χ4n) is 1.73. The number of aliphatic carboxylic acids is 1. The summed E-state index contributed by atoms with van der Waals surface area (Å²) in [5.41, 5.74) is 0.642. The molecule has 0 unspecified atom stereocenters. The summed E-state index contributed by atoms with van der Waals surface area (Å²) in [6, 6.07) is 4.52. The standard InChI is InChI=1S/C14H19FN2O3S/c1-17(9-10-4-3-5-11(15)8-10)14(20)16-12(13(18)19)6-7-21-2/h3-5,8,12H,6-7,9H2,1-2H3,(H,16,20)(H,18,19)/t12-/m1/s1. The quantitative estimate of drug-likeness (QED) is 0.809. The van der Waals surface area contributed by atoms with E-state index in [0.717, 1.165) is 0 Å². The van der Waals surface area contributed by atoms with E-state index in [1.54, 1.807) is 12.1 Å². The van der Waals surface area contributed by atoms with Crippen molar-refractivity contribution in [1.29, 1.82) is 0 Å². The van der Waals surface area contributed by atoms with Gasteiger partial charge in [0.1, 0.15) is 11.9 Å². The van der Waals surface area contributed by atoms with E-state index in [1.165, 1.54) is 35.8 Å². The summed E-state index contributed by atoms with van der Waals surface area (Å²) < 4.78 is 13.1. The van der Waals surface area contributed by atoms with Crippen LogP contribution in [0.5, 0.6) is 0 Å². The third-order valence-electron chi connectivity index (χ3n) is 2.86. The van der Waals surface area contributed by atoms with Crippen LogP contribution in [-0.2, 0) is 11.3 Å². The van der Waals surface area contributed by atoms with Crippen molar-refractivity contribution in [1.82, 2.24) is 10.2 Å². The summed E-state index contributed by atoms with van der Waals surface area (Å²) in [7, 11) is 1.54. The van der Waals surface area contributed by atoms with Gasteiger partial charge < -0.3 is 15.3 Å². The molecule has 0 aliphatic heterocycles. The largest absolute Gasteiger partial charge is 0.480 e. The maximum Gasteiger partial charge on any atom is 0.326 e. The Morgan fingerprint density at radius 1 is 1.48 bits per heavy atom. The average Bonchev–Trinajstić information content (AvgIpc) is 2.42. The van der Waals surface area contributed by atoms with Crippen LogP contribution >= 0.6 is 11.8 Å². The Kier molecular flexibility index (Phi) is 7.01. The van der Waals surface area contributed by atoms with Crippen molar-refractivity contribution in [3.05, 3.63) is 35.6 Å². The number of urea groups is 1. The normalized spacial score (nSPS) is 11.8. The summed E-state index contributed by atoms with van der Waals surface area (Å²) in [4.78, 5) is 24.4. The monoisotopic (exact) mass is 314 g/mol. The average molecular weight is 314 g/mol. The zero-order valence-corrected chi connectivity index (χ0v) is 12.8. The van der Waals surface area contributed by atoms with Crippen molar-refractivity contribution in [2.75, 3.05) is 19.1 Å². The van der Waals surface area contributed by atoms with Gasteiger partial charge in [-0.3, -0.25) is 0 Å². The van der Waals surface area contributed by atoms with Gasteiger partial charge in [-0.1, -0.05) is 12.1 Å². The Balaban J connectivity index is 2.58. The molecule has 7 heteroatoms. The van der Waals surface area contributed by atoms with E-state index < -0.39 is 18.0 Å². The smallest absolute Gasteiger partial charge is 0.326 e. The summed E-state index contributed by atoms with van der Waals surface area (Å²) in [5.74, 6) is -0.786. The van der Waals surface area contributed by atoms with Crippen molar-refractivity contribution >= 4 is 23.8 Å². The molecule has 2 amide bonds. The maximum absolute atomic E-state index is 13.1. The highest BCUT2D eigenvalue weighted by molar-refractivity contribution is 7.98. The van der Waals surface area contributed by atoms with E-state index in [-0.39, 0.29) is 12.4 Å². The molecule has 0 spiro atoms. The molecule has 2 N–H and O–H groups in total. The Labute approximate surface area is 127 Å². The molecule has 0 heterocycles. The number of rotatable bonds is 7. The fourth-order valence-corrected chi connectivity index (χ4v) is 2.20. The van der Waals surface area contributed by atoms with Crippen molar-refractivity contribution < 1.29 is 19.1 Å². The molecule has 0 aliphatic carbocycles. The van der Waals surface area contributed by atoms with Crippen LogP contribution in [-0.4, -0.2) is 47.1 Å². The number of amides is 2. The Hall–Kier alpha value is -1.76. The number of carboxylic acid groups (broad SMARTS) is 1. The van der Waals surface area contributed by atoms with E-state index >= 15 is 0 Å². The Morgan fingerprint density at radius 2 is 2.19 bits per heavy atom. The van der Waals surface area contributed by atoms with E-state index in [9.17, 15) is 14.0 Å². The highest BCUT2D eigenvalue weighted by Gasteiger charge is 2.21. The molecule has 1 aromatic carbocycles.